The van der Waals surface area contributed by atoms with Crippen LogP contribution in [0.5, 0.6) is 0 Å². The maximum Gasteiger partial charge on any atom is 0.0462 e. The zero-order valence-corrected chi connectivity index (χ0v) is 11.4. The van der Waals surface area contributed by atoms with Crippen molar-refractivity contribution in [1.82, 2.24) is 10.2 Å². The Balaban J connectivity index is 2.59. The van der Waals surface area contributed by atoms with Crippen molar-refractivity contribution in [3.8, 4) is 0 Å². The summed E-state index contributed by atoms with van der Waals surface area (Å²) in [5, 5.41) is 3.53. The molecule has 0 radical (unpaired) electrons. The number of likely N-dealkylation sites (N-methyl/N-ethyl adjacent to an activating group) is 2. The lowest BCUT2D eigenvalue weighted by atomic mass is 9.84. The highest BCUT2D eigenvalue weighted by atomic mass is 16.5. The van der Waals surface area contributed by atoms with Gasteiger partial charge in [0.25, 0.3) is 0 Å². The van der Waals surface area contributed by atoms with E-state index in [2.05, 4.69) is 31.4 Å². The molecule has 0 aromatic carbocycles. The van der Waals surface area contributed by atoms with Gasteiger partial charge in [0.15, 0.2) is 0 Å². The molecule has 0 saturated heterocycles. The van der Waals surface area contributed by atoms with Crippen LogP contribution in [-0.4, -0.2) is 51.3 Å². The lowest BCUT2D eigenvalue weighted by Gasteiger charge is -2.43. The Morgan fingerprint density at radius 3 is 2.38 bits per heavy atom. The highest BCUT2D eigenvalue weighted by molar-refractivity contribution is 5.01. The number of nitrogens with zero attached hydrogens (tertiary/aromatic N) is 1. The van der Waals surface area contributed by atoms with Gasteiger partial charge >= 0.3 is 0 Å². The molecule has 96 valence electrons. The highest BCUT2D eigenvalue weighted by Crippen LogP contribution is 2.37. The van der Waals surface area contributed by atoms with E-state index in [0.717, 1.165) is 13.0 Å². The maximum atomic E-state index is 5.15. The fraction of sp³-hybridized carbons (Fsp3) is 1.00. The van der Waals surface area contributed by atoms with E-state index in [1.807, 2.05) is 0 Å². The smallest absolute Gasteiger partial charge is 0.0462 e. The summed E-state index contributed by atoms with van der Waals surface area (Å²) < 4.78 is 5.15. The molecular weight excluding hydrogens is 200 g/mol. The number of hydrogen-bond donors (Lipinski definition) is 1. The molecule has 0 amide bonds. The topological polar surface area (TPSA) is 24.5 Å². The van der Waals surface area contributed by atoms with Gasteiger partial charge < -0.3 is 15.0 Å². The summed E-state index contributed by atoms with van der Waals surface area (Å²) in [6.45, 7) is 0.877. The van der Waals surface area contributed by atoms with Crippen LogP contribution in [-0.2, 0) is 4.74 Å². The van der Waals surface area contributed by atoms with Gasteiger partial charge in [0, 0.05) is 25.3 Å². The monoisotopic (exact) mass is 228 g/mol. The molecule has 0 aliphatic heterocycles. The van der Waals surface area contributed by atoms with Crippen LogP contribution in [0.25, 0.3) is 0 Å². The third-order valence-corrected chi connectivity index (χ3v) is 4.20. The Bertz CT molecular complexity index is 188. The Morgan fingerprint density at radius 2 is 1.94 bits per heavy atom. The molecule has 0 aromatic heterocycles. The van der Waals surface area contributed by atoms with E-state index in [1.54, 1.807) is 7.11 Å². The van der Waals surface area contributed by atoms with E-state index < -0.39 is 0 Å². The Hall–Kier alpha value is -0.120. The molecule has 1 rings (SSSR count). The number of hydrogen-bond acceptors (Lipinski definition) is 3. The largest absolute Gasteiger partial charge is 0.385 e. The molecule has 16 heavy (non-hydrogen) atoms. The van der Waals surface area contributed by atoms with Crippen molar-refractivity contribution in [3.63, 3.8) is 0 Å². The zero-order chi connectivity index (χ0) is 12.0. The summed E-state index contributed by atoms with van der Waals surface area (Å²) in [5.74, 6) is 0. The average Bonchev–Trinajstić information content (AvgIpc) is 2.74. The molecule has 1 aliphatic carbocycles. The lowest BCUT2D eigenvalue weighted by Crippen LogP contribution is -2.56. The SMILES string of the molecule is CNC(CCCOC)C1(N(C)C)CCCC1. The van der Waals surface area contributed by atoms with Gasteiger partial charge in [-0.15, -0.1) is 0 Å². The van der Waals surface area contributed by atoms with Crippen LogP contribution in [0.2, 0.25) is 0 Å². The molecule has 1 saturated carbocycles. The fourth-order valence-electron chi connectivity index (χ4n) is 3.21. The van der Waals surface area contributed by atoms with Gasteiger partial charge in [-0.05, 0) is 46.8 Å². The third kappa shape index (κ3) is 2.96. The van der Waals surface area contributed by atoms with Crippen LogP contribution in [0.15, 0.2) is 0 Å². The van der Waals surface area contributed by atoms with Crippen LogP contribution in [0.1, 0.15) is 38.5 Å². The summed E-state index contributed by atoms with van der Waals surface area (Å²) in [4.78, 5) is 2.44. The molecule has 1 atom stereocenters. The first-order valence-electron chi connectivity index (χ1n) is 6.51. The van der Waals surface area contributed by atoms with Crippen molar-refractivity contribution in [3.05, 3.63) is 0 Å². The molecule has 1 N–H and O–H groups in total. The molecule has 1 aliphatic rings. The summed E-state index contributed by atoms with van der Waals surface area (Å²) in [6.07, 6.45) is 7.78. The van der Waals surface area contributed by atoms with E-state index in [4.69, 9.17) is 4.74 Å². The van der Waals surface area contributed by atoms with Gasteiger partial charge in [-0.3, -0.25) is 0 Å². The van der Waals surface area contributed by atoms with Crippen LogP contribution < -0.4 is 5.32 Å². The summed E-state index contributed by atoms with van der Waals surface area (Å²) in [7, 11) is 8.34. The molecule has 1 unspecified atom stereocenters. The zero-order valence-electron chi connectivity index (χ0n) is 11.4. The average molecular weight is 228 g/mol. The van der Waals surface area contributed by atoms with Crippen molar-refractivity contribution < 1.29 is 4.74 Å². The van der Waals surface area contributed by atoms with Gasteiger partial charge in [-0.25, -0.2) is 0 Å². The second-order valence-corrected chi connectivity index (χ2v) is 5.18. The number of methoxy groups -OCH3 is 1. The fourth-order valence-corrected chi connectivity index (χ4v) is 3.21. The molecule has 0 spiro atoms. The van der Waals surface area contributed by atoms with E-state index >= 15 is 0 Å². The second-order valence-electron chi connectivity index (χ2n) is 5.18. The minimum atomic E-state index is 0.377. The van der Waals surface area contributed by atoms with Crippen molar-refractivity contribution in [2.75, 3.05) is 34.9 Å². The van der Waals surface area contributed by atoms with Crippen molar-refractivity contribution in [1.29, 1.82) is 0 Å². The third-order valence-electron chi connectivity index (χ3n) is 4.20. The number of rotatable bonds is 7. The van der Waals surface area contributed by atoms with Gasteiger partial charge in [-0.1, -0.05) is 12.8 Å². The quantitative estimate of drug-likeness (QED) is 0.673. The van der Waals surface area contributed by atoms with E-state index in [1.165, 1.54) is 32.1 Å². The number of ether oxygens (including phenoxy) is 1. The maximum absolute atomic E-state index is 5.15. The predicted molar refractivity (Wildman–Crippen MR) is 68.8 cm³/mol. The summed E-state index contributed by atoms with van der Waals surface area (Å²) in [6, 6.07) is 0.597. The minimum Gasteiger partial charge on any atom is -0.385 e. The van der Waals surface area contributed by atoms with Gasteiger partial charge in [0.05, 0.1) is 0 Å². The molecule has 3 heteroatoms. The molecule has 3 nitrogen and oxygen atoms in total. The van der Waals surface area contributed by atoms with Crippen molar-refractivity contribution >= 4 is 0 Å². The van der Waals surface area contributed by atoms with Crippen molar-refractivity contribution in [2.45, 2.75) is 50.1 Å². The minimum absolute atomic E-state index is 0.377. The molecule has 0 aromatic rings. The lowest BCUT2D eigenvalue weighted by molar-refractivity contribution is 0.0959. The Morgan fingerprint density at radius 1 is 1.31 bits per heavy atom. The first kappa shape index (κ1) is 13.9. The summed E-state index contributed by atoms with van der Waals surface area (Å²) >= 11 is 0. The first-order chi connectivity index (χ1) is 7.67. The molecule has 0 heterocycles. The predicted octanol–water partition coefficient (Wildman–Crippen LogP) is 1.88. The molecule has 0 bridgehead atoms. The van der Waals surface area contributed by atoms with Crippen LogP contribution in [0.3, 0.4) is 0 Å². The van der Waals surface area contributed by atoms with Crippen LogP contribution in [0, 0.1) is 0 Å². The standard InChI is InChI=1S/C13H28N2O/c1-14-12(8-7-11-16-4)13(15(2)3)9-5-6-10-13/h12,14H,5-11H2,1-4H3. The first-order valence-corrected chi connectivity index (χ1v) is 6.51. The molecule has 1 fully saturated rings. The van der Waals surface area contributed by atoms with E-state index in [9.17, 15) is 0 Å². The van der Waals surface area contributed by atoms with Gasteiger partial charge in [-0.2, -0.15) is 0 Å². The normalized spacial score (nSPS) is 21.6. The Labute approximate surface area is 101 Å². The number of nitrogens with one attached hydrogen (secondary N) is 1. The Kier molecular flexibility index (Phi) is 5.73. The summed E-state index contributed by atoms with van der Waals surface area (Å²) in [5.41, 5.74) is 0.377. The van der Waals surface area contributed by atoms with Gasteiger partial charge in [0.1, 0.15) is 0 Å². The van der Waals surface area contributed by atoms with Crippen molar-refractivity contribution in [2.24, 2.45) is 0 Å². The van der Waals surface area contributed by atoms with Crippen LogP contribution in [0.4, 0.5) is 0 Å². The molecular formula is C13H28N2O. The highest BCUT2D eigenvalue weighted by Gasteiger charge is 2.41. The van der Waals surface area contributed by atoms with E-state index in [0.29, 0.717) is 11.6 Å². The second kappa shape index (κ2) is 6.58. The van der Waals surface area contributed by atoms with E-state index in [-0.39, 0.29) is 0 Å². The van der Waals surface area contributed by atoms with Gasteiger partial charge in [0.2, 0.25) is 0 Å². The van der Waals surface area contributed by atoms with Crippen LogP contribution >= 0.6 is 0 Å².